The van der Waals surface area contributed by atoms with Crippen LogP contribution in [0.2, 0.25) is 0 Å². The summed E-state index contributed by atoms with van der Waals surface area (Å²) in [6.07, 6.45) is 3.84. The molecule has 21 heavy (non-hydrogen) atoms. The van der Waals surface area contributed by atoms with Crippen LogP contribution in [0.25, 0.3) is 0 Å². The molecule has 1 aliphatic heterocycles. The Morgan fingerprint density at radius 2 is 2.05 bits per heavy atom. The molecule has 1 unspecified atom stereocenters. The van der Waals surface area contributed by atoms with Gasteiger partial charge in [0.25, 0.3) is 0 Å². The molecule has 0 saturated carbocycles. The van der Waals surface area contributed by atoms with Gasteiger partial charge < -0.3 is 20.3 Å². The number of aliphatic imine (C=N–C) groups is 1. The molecule has 5 nitrogen and oxygen atoms in total. The maximum absolute atomic E-state index is 5.13. The molecule has 0 aliphatic carbocycles. The van der Waals surface area contributed by atoms with E-state index in [4.69, 9.17) is 4.74 Å². The maximum Gasteiger partial charge on any atom is 0.191 e. The third-order valence-electron chi connectivity index (χ3n) is 3.83. The zero-order chi connectivity index (χ0) is 14.8. The van der Waals surface area contributed by atoms with Gasteiger partial charge in [-0.05, 0) is 51.7 Å². The van der Waals surface area contributed by atoms with Gasteiger partial charge in [0.15, 0.2) is 5.96 Å². The van der Waals surface area contributed by atoms with Gasteiger partial charge in [0, 0.05) is 26.7 Å². The van der Waals surface area contributed by atoms with Gasteiger partial charge in [-0.3, -0.25) is 4.99 Å². The van der Waals surface area contributed by atoms with E-state index in [-0.39, 0.29) is 30.0 Å². The third-order valence-corrected chi connectivity index (χ3v) is 3.83. The molecule has 1 fully saturated rings. The smallest absolute Gasteiger partial charge is 0.191 e. The molecule has 126 valence electrons. The standard InChI is InChI=1S/C15H32N4O.HI/c1-5-8-19-9-6-14(7-10-19)11-17-15(16-3)18-13(2)12-20-4;/h13-14H,5-12H2,1-4H3,(H2,16,17,18);1H. The van der Waals surface area contributed by atoms with Gasteiger partial charge in [-0.15, -0.1) is 24.0 Å². The molecule has 6 heteroatoms. The molecule has 2 N–H and O–H groups in total. The molecule has 1 heterocycles. The second-order valence-corrected chi connectivity index (χ2v) is 5.74. The van der Waals surface area contributed by atoms with Crippen molar-refractivity contribution in [2.24, 2.45) is 10.9 Å². The fourth-order valence-electron chi connectivity index (χ4n) is 2.69. The Morgan fingerprint density at radius 3 is 2.57 bits per heavy atom. The molecule has 0 bridgehead atoms. The quantitative estimate of drug-likeness (QED) is 0.381. The minimum Gasteiger partial charge on any atom is -0.383 e. The van der Waals surface area contributed by atoms with Crippen molar-refractivity contribution < 1.29 is 4.74 Å². The van der Waals surface area contributed by atoms with Crippen LogP contribution in [-0.2, 0) is 4.74 Å². The Hall–Kier alpha value is -0.0800. The monoisotopic (exact) mass is 412 g/mol. The second-order valence-electron chi connectivity index (χ2n) is 5.74. The molecule has 1 aliphatic rings. The Labute approximate surface area is 147 Å². The molecule has 0 aromatic carbocycles. The number of rotatable bonds is 7. The fourth-order valence-corrected chi connectivity index (χ4v) is 2.69. The van der Waals surface area contributed by atoms with E-state index >= 15 is 0 Å². The first kappa shape index (κ1) is 20.9. The minimum absolute atomic E-state index is 0. The van der Waals surface area contributed by atoms with E-state index in [1.807, 2.05) is 7.05 Å². The van der Waals surface area contributed by atoms with Crippen LogP contribution < -0.4 is 10.6 Å². The number of piperidine rings is 1. The molecule has 0 spiro atoms. The zero-order valence-corrected chi connectivity index (χ0v) is 16.4. The lowest BCUT2D eigenvalue weighted by molar-refractivity contribution is 0.177. The van der Waals surface area contributed by atoms with Crippen molar-refractivity contribution in [2.75, 3.05) is 46.9 Å². The summed E-state index contributed by atoms with van der Waals surface area (Å²) in [7, 11) is 3.54. The number of methoxy groups -OCH3 is 1. The number of likely N-dealkylation sites (tertiary alicyclic amines) is 1. The van der Waals surface area contributed by atoms with Crippen LogP contribution in [0, 0.1) is 5.92 Å². The van der Waals surface area contributed by atoms with Crippen LogP contribution in [0.5, 0.6) is 0 Å². The summed E-state index contributed by atoms with van der Waals surface area (Å²) in [6.45, 7) is 9.79. The Balaban J connectivity index is 0.00000400. The number of hydrogen-bond donors (Lipinski definition) is 2. The van der Waals surface area contributed by atoms with Crippen molar-refractivity contribution in [3.63, 3.8) is 0 Å². The number of halogens is 1. The van der Waals surface area contributed by atoms with Gasteiger partial charge in [-0.25, -0.2) is 0 Å². The van der Waals surface area contributed by atoms with Crippen LogP contribution in [-0.4, -0.2) is 63.8 Å². The molecular weight excluding hydrogens is 379 g/mol. The lowest BCUT2D eigenvalue weighted by atomic mass is 9.97. The van der Waals surface area contributed by atoms with E-state index in [0.717, 1.165) is 18.4 Å². The number of ether oxygens (including phenoxy) is 1. The topological polar surface area (TPSA) is 48.9 Å². The molecule has 0 radical (unpaired) electrons. The van der Waals surface area contributed by atoms with Crippen LogP contribution in [0.1, 0.15) is 33.1 Å². The summed E-state index contributed by atoms with van der Waals surface area (Å²) in [6, 6.07) is 0.276. The predicted octanol–water partition coefficient (Wildman–Crippen LogP) is 1.93. The number of hydrogen-bond acceptors (Lipinski definition) is 3. The van der Waals surface area contributed by atoms with Crippen molar-refractivity contribution in [3.05, 3.63) is 0 Å². The van der Waals surface area contributed by atoms with Gasteiger partial charge in [0.2, 0.25) is 0 Å². The average molecular weight is 412 g/mol. The maximum atomic E-state index is 5.13. The molecule has 0 aromatic rings. The van der Waals surface area contributed by atoms with Gasteiger partial charge in [0.1, 0.15) is 0 Å². The highest BCUT2D eigenvalue weighted by molar-refractivity contribution is 14.0. The molecule has 1 rings (SSSR count). The zero-order valence-electron chi connectivity index (χ0n) is 14.0. The fraction of sp³-hybridized carbons (Fsp3) is 0.933. The summed E-state index contributed by atoms with van der Waals surface area (Å²) in [5.41, 5.74) is 0. The molecule has 1 atom stereocenters. The highest BCUT2D eigenvalue weighted by atomic mass is 127. The molecule has 0 aromatic heterocycles. The summed E-state index contributed by atoms with van der Waals surface area (Å²) in [5.74, 6) is 1.64. The molecular formula is C15H33IN4O. The molecule has 1 saturated heterocycles. The van der Waals surface area contributed by atoms with Crippen LogP contribution in [0.15, 0.2) is 4.99 Å². The van der Waals surface area contributed by atoms with E-state index in [1.165, 1.54) is 38.9 Å². The van der Waals surface area contributed by atoms with Crippen molar-refractivity contribution in [2.45, 2.75) is 39.2 Å². The van der Waals surface area contributed by atoms with E-state index in [1.54, 1.807) is 7.11 Å². The predicted molar refractivity (Wildman–Crippen MR) is 101 cm³/mol. The number of guanidine groups is 1. The second kappa shape index (κ2) is 12.5. The van der Waals surface area contributed by atoms with Crippen LogP contribution >= 0.6 is 24.0 Å². The highest BCUT2D eigenvalue weighted by Gasteiger charge is 2.18. The van der Waals surface area contributed by atoms with Crippen molar-refractivity contribution in [3.8, 4) is 0 Å². The van der Waals surface area contributed by atoms with Crippen LogP contribution in [0.3, 0.4) is 0 Å². The number of nitrogens with zero attached hydrogens (tertiary/aromatic N) is 2. The average Bonchev–Trinajstić information content (AvgIpc) is 2.45. The van der Waals surface area contributed by atoms with Gasteiger partial charge in [0.05, 0.1) is 6.61 Å². The van der Waals surface area contributed by atoms with Crippen LogP contribution in [0.4, 0.5) is 0 Å². The SMILES string of the molecule is CCCN1CCC(CNC(=NC)NC(C)COC)CC1.I. The Bertz CT molecular complexity index is 281. The number of nitrogens with one attached hydrogen (secondary N) is 2. The summed E-state index contributed by atoms with van der Waals surface area (Å²) >= 11 is 0. The third kappa shape index (κ3) is 8.83. The highest BCUT2D eigenvalue weighted by Crippen LogP contribution is 2.16. The lowest BCUT2D eigenvalue weighted by Crippen LogP contribution is -2.46. The summed E-state index contributed by atoms with van der Waals surface area (Å²) < 4.78 is 5.13. The van der Waals surface area contributed by atoms with Crippen molar-refractivity contribution in [1.82, 2.24) is 15.5 Å². The van der Waals surface area contributed by atoms with E-state index in [2.05, 4.69) is 34.4 Å². The van der Waals surface area contributed by atoms with Gasteiger partial charge in [-0.2, -0.15) is 0 Å². The lowest BCUT2D eigenvalue weighted by Gasteiger charge is -2.32. The Kier molecular flexibility index (Phi) is 12.4. The largest absolute Gasteiger partial charge is 0.383 e. The van der Waals surface area contributed by atoms with Crippen molar-refractivity contribution in [1.29, 1.82) is 0 Å². The first-order valence-corrected chi connectivity index (χ1v) is 7.88. The minimum atomic E-state index is 0. The first-order chi connectivity index (χ1) is 9.69. The van der Waals surface area contributed by atoms with Gasteiger partial charge >= 0.3 is 0 Å². The normalized spacial score (nSPS) is 19.0. The first-order valence-electron chi connectivity index (χ1n) is 7.88. The van der Waals surface area contributed by atoms with Crippen molar-refractivity contribution >= 4 is 29.9 Å². The Morgan fingerprint density at radius 1 is 1.38 bits per heavy atom. The summed E-state index contributed by atoms with van der Waals surface area (Å²) in [5, 5.41) is 6.78. The van der Waals surface area contributed by atoms with Gasteiger partial charge in [-0.1, -0.05) is 6.92 Å². The van der Waals surface area contributed by atoms with E-state index in [9.17, 15) is 0 Å². The molecule has 0 amide bonds. The van der Waals surface area contributed by atoms with E-state index in [0.29, 0.717) is 6.61 Å². The van der Waals surface area contributed by atoms with E-state index < -0.39 is 0 Å². The summed E-state index contributed by atoms with van der Waals surface area (Å²) in [4.78, 5) is 6.84.